The summed E-state index contributed by atoms with van der Waals surface area (Å²) in [5.74, 6) is 0.162. The molecule has 0 aromatic heterocycles. The number of hydrogen-bond donors (Lipinski definition) is 0. The zero-order chi connectivity index (χ0) is 21.3. The Morgan fingerprint density at radius 1 is 0.900 bits per heavy atom. The van der Waals surface area contributed by atoms with E-state index in [1.807, 2.05) is 0 Å². The Labute approximate surface area is 181 Å². The number of aryl methyl sites for hydroxylation is 1. The maximum Gasteiger partial charge on any atom is 0.132 e. The van der Waals surface area contributed by atoms with Crippen molar-refractivity contribution in [1.82, 2.24) is 4.90 Å². The highest BCUT2D eigenvalue weighted by atomic mass is 19.2. The minimum Gasteiger partial charge on any atom is -0.296 e. The third kappa shape index (κ3) is 6.38. The Morgan fingerprint density at radius 3 is 2.27 bits per heavy atom. The molecule has 0 aliphatic heterocycles. The summed E-state index contributed by atoms with van der Waals surface area (Å²) in [5, 5.41) is 0. The molecule has 0 heterocycles. The molecular weight excluding hydrogens is 376 g/mol. The second-order valence-electron chi connectivity index (χ2n) is 8.84. The molecule has 1 aliphatic rings. The molecule has 2 aromatic rings. The summed E-state index contributed by atoms with van der Waals surface area (Å²) in [6.07, 6.45) is 3.36. The molecule has 4 atom stereocenters. The molecule has 164 valence electrons. The Balaban J connectivity index is 1.56. The van der Waals surface area contributed by atoms with Crippen molar-refractivity contribution in [2.24, 2.45) is 0 Å². The Bertz CT molecular complexity index is 730. The van der Waals surface area contributed by atoms with Crippen LogP contribution in [0.25, 0.3) is 0 Å². The van der Waals surface area contributed by atoms with Crippen LogP contribution < -0.4 is 0 Å². The SMILES string of the molecule is CCCN(Cc1ccccc1)C(CC)CCc1ccc(C2CCC(F)C(F)C2)cc1. The summed E-state index contributed by atoms with van der Waals surface area (Å²) in [7, 11) is 0. The van der Waals surface area contributed by atoms with Gasteiger partial charge in [-0.2, -0.15) is 0 Å². The van der Waals surface area contributed by atoms with E-state index in [4.69, 9.17) is 0 Å². The molecule has 3 heteroatoms. The lowest BCUT2D eigenvalue weighted by Crippen LogP contribution is -2.35. The van der Waals surface area contributed by atoms with Crippen molar-refractivity contribution in [3.05, 3.63) is 71.3 Å². The molecule has 0 bridgehead atoms. The van der Waals surface area contributed by atoms with E-state index in [9.17, 15) is 8.78 Å². The third-order valence-corrected chi connectivity index (χ3v) is 6.64. The fourth-order valence-corrected chi connectivity index (χ4v) is 4.81. The molecule has 1 aliphatic carbocycles. The standard InChI is InChI=1S/C27H37F2N/c1-3-18-30(20-22-8-6-5-7-9-22)25(4-2)16-12-21-10-13-23(14-11-21)24-15-17-26(28)27(29)19-24/h5-11,13-14,24-27H,3-4,12,15-20H2,1-2H3. The monoisotopic (exact) mass is 413 g/mol. The second-order valence-corrected chi connectivity index (χ2v) is 8.84. The topological polar surface area (TPSA) is 3.24 Å². The highest BCUT2D eigenvalue weighted by molar-refractivity contribution is 5.26. The van der Waals surface area contributed by atoms with E-state index in [-0.39, 0.29) is 5.92 Å². The van der Waals surface area contributed by atoms with E-state index in [2.05, 4.69) is 73.3 Å². The van der Waals surface area contributed by atoms with Gasteiger partial charge in [-0.05, 0) is 74.1 Å². The van der Waals surface area contributed by atoms with Gasteiger partial charge < -0.3 is 0 Å². The lowest BCUT2D eigenvalue weighted by molar-refractivity contribution is 0.108. The summed E-state index contributed by atoms with van der Waals surface area (Å²) < 4.78 is 27.2. The molecule has 30 heavy (non-hydrogen) atoms. The minimum absolute atomic E-state index is 0.162. The summed E-state index contributed by atoms with van der Waals surface area (Å²) in [6.45, 7) is 6.67. The predicted molar refractivity (Wildman–Crippen MR) is 122 cm³/mol. The lowest BCUT2D eigenvalue weighted by atomic mass is 9.82. The zero-order valence-electron chi connectivity index (χ0n) is 18.6. The van der Waals surface area contributed by atoms with Crippen LogP contribution in [0.4, 0.5) is 8.78 Å². The van der Waals surface area contributed by atoms with Crippen LogP contribution >= 0.6 is 0 Å². The molecule has 4 unspecified atom stereocenters. The molecular formula is C27H37F2N. The van der Waals surface area contributed by atoms with Gasteiger partial charge in [-0.25, -0.2) is 8.78 Å². The van der Waals surface area contributed by atoms with Gasteiger partial charge in [0.05, 0.1) is 0 Å². The summed E-state index contributed by atoms with van der Waals surface area (Å²) in [4.78, 5) is 2.63. The lowest BCUT2D eigenvalue weighted by Gasteiger charge is -2.31. The highest BCUT2D eigenvalue weighted by Crippen LogP contribution is 2.36. The molecule has 1 fully saturated rings. The van der Waals surface area contributed by atoms with Gasteiger partial charge in [0.2, 0.25) is 0 Å². The fourth-order valence-electron chi connectivity index (χ4n) is 4.81. The molecule has 0 spiro atoms. The molecule has 0 radical (unpaired) electrons. The first-order valence-corrected chi connectivity index (χ1v) is 11.8. The van der Waals surface area contributed by atoms with Crippen molar-refractivity contribution >= 4 is 0 Å². The molecule has 0 amide bonds. The van der Waals surface area contributed by atoms with Crippen molar-refractivity contribution in [3.63, 3.8) is 0 Å². The van der Waals surface area contributed by atoms with E-state index in [0.717, 1.165) is 50.8 Å². The van der Waals surface area contributed by atoms with E-state index < -0.39 is 12.3 Å². The van der Waals surface area contributed by atoms with Gasteiger partial charge in [-0.15, -0.1) is 0 Å². The molecule has 3 rings (SSSR count). The number of hydrogen-bond acceptors (Lipinski definition) is 1. The number of benzene rings is 2. The van der Waals surface area contributed by atoms with Gasteiger partial charge in [0.1, 0.15) is 12.3 Å². The summed E-state index contributed by atoms with van der Waals surface area (Å²) >= 11 is 0. The smallest absolute Gasteiger partial charge is 0.132 e. The number of nitrogens with zero attached hydrogens (tertiary/aromatic N) is 1. The predicted octanol–water partition coefficient (Wildman–Crippen LogP) is 7.25. The van der Waals surface area contributed by atoms with Crippen LogP contribution in [0.1, 0.15) is 75.0 Å². The van der Waals surface area contributed by atoms with Crippen LogP contribution in [-0.2, 0) is 13.0 Å². The number of rotatable bonds is 10. The van der Waals surface area contributed by atoms with Gasteiger partial charge in [0, 0.05) is 12.6 Å². The van der Waals surface area contributed by atoms with Crippen molar-refractivity contribution in [2.45, 2.75) is 89.6 Å². The fraction of sp³-hybridized carbons (Fsp3) is 0.556. The number of halogens is 2. The van der Waals surface area contributed by atoms with Crippen LogP contribution in [0.15, 0.2) is 54.6 Å². The normalized spacial score (nSPS) is 22.9. The average molecular weight is 414 g/mol. The van der Waals surface area contributed by atoms with Gasteiger partial charge in [0.15, 0.2) is 0 Å². The quantitative estimate of drug-likeness (QED) is 0.396. The van der Waals surface area contributed by atoms with Crippen molar-refractivity contribution < 1.29 is 8.78 Å². The zero-order valence-corrected chi connectivity index (χ0v) is 18.6. The minimum atomic E-state index is -1.30. The molecule has 0 N–H and O–H groups in total. The van der Waals surface area contributed by atoms with Crippen molar-refractivity contribution in [1.29, 1.82) is 0 Å². The highest BCUT2D eigenvalue weighted by Gasteiger charge is 2.31. The number of alkyl halides is 2. The third-order valence-electron chi connectivity index (χ3n) is 6.64. The summed E-state index contributed by atoms with van der Waals surface area (Å²) in [6, 6.07) is 20.0. The molecule has 1 saturated carbocycles. The average Bonchev–Trinajstić information content (AvgIpc) is 2.77. The van der Waals surface area contributed by atoms with Crippen LogP contribution in [0.5, 0.6) is 0 Å². The van der Waals surface area contributed by atoms with Crippen LogP contribution in [-0.4, -0.2) is 29.8 Å². The first-order valence-electron chi connectivity index (χ1n) is 11.8. The molecule has 0 saturated heterocycles. The van der Waals surface area contributed by atoms with Gasteiger partial charge in [-0.3, -0.25) is 4.90 Å². The Hall–Kier alpha value is -1.74. The van der Waals surface area contributed by atoms with Gasteiger partial charge in [0.25, 0.3) is 0 Å². The van der Waals surface area contributed by atoms with Crippen molar-refractivity contribution in [2.75, 3.05) is 6.54 Å². The maximum atomic E-state index is 13.8. The van der Waals surface area contributed by atoms with E-state index in [1.165, 1.54) is 11.1 Å². The van der Waals surface area contributed by atoms with Crippen molar-refractivity contribution in [3.8, 4) is 0 Å². The largest absolute Gasteiger partial charge is 0.296 e. The van der Waals surface area contributed by atoms with E-state index in [1.54, 1.807) is 0 Å². The first-order chi connectivity index (χ1) is 14.6. The van der Waals surface area contributed by atoms with Crippen LogP contribution in [0.3, 0.4) is 0 Å². The molecule has 2 aromatic carbocycles. The molecule has 1 nitrogen and oxygen atoms in total. The van der Waals surface area contributed by atoms with Crippen LogP contribution in [0.2, 0.25) is 0 Å². The summed E-state index contributed by atoms with van der Waals surface area (Å²) in [5.41, 5.74) is 3.88. The van der Waals surface area contributed by atoms with E-state index >= 15 is 0 Å². The van der Waals surface area contributed by atoms with Crippen LogP contribution in [0, 0.1) is 0 Å². The van der Waals surface area contributed by atoms with Gasteiger partial charge in [-0.1, -0.05) is 68.4 Å². The van der Waals surface area contributed by atoms with Gasteiger partial charge >= 0.3 is 0 Å². The van der Waals surface area contributed by atoms with E-state index in [0.29, 0.717) is 18.9 Å². The Morgan fingerprint density at radius 2 is 1.63 bits per heavy atom. The first kappa shape index (κ1) is 22.9. The second kappa shape index (κ2) is 11.6. The maximum absolute atomic E-state index is 13.8. The Kier molecular flexibility index (Phi) is 8.87.